The van der Waals surface area contributed by atoms with Crippen molar-refractivity contribution in [2.75, 3.05) is 11.1 Å². The van der Waals surface area contributed by atoms with Crippen molar-refractivity contribution in [3.8, 4) is 0 Å². The summed E-state index contributed by atoms with van der Waals surface area (Å²) in [4.78, 5) is 19.8. The average molecular weight is 256 g/mol. The molecule has 5 nitrogen and oxygen atoms in total. The smallest absolute Gasteiger partial charge is 0.226 e. The van der Waals surface area contributed by atoms with E-state index in [4.69, 9.17) is 5.73 Å². The van der Waals surface area contributed by atoms with E-state index >= 15 is 0 Å². The van der Waals surface area contributed by atoms with Crippen molar-refractivity contribution in [2.45, 2.75) is 19.3 Å². The maximum Gasteiger partial charge on any atom is 0.226 e. The van der Waals surface area contributed by atoms with Crippen LogP contribution in [0.3, 0.4) is 0 Å². The van der Waals surface area contributed by atoms with E-state index in [1.807, 2.05) is 31.2 Å². The Bertz CT molecular complexity index is 539. The van der Waals surface area contributed by atoms with Crippen LogP contribution in [0.1, 0.15) is 24.8 Å². The SMILES string of the molecule is CC(CC(=O)Nc1cnccn1)c1ccc(N)cc1. The predicted octanol–water partition coefficient (Wildman–Crippen LogP) is 2.19. The molecule has 1 aromatic carbocycles. The average Bonchev–Trinajstić information content (AvgIpc) is 2.40. The molecular weight excluding hydrogens is 240 g/mol. The standard InChI is InChI=1S/C14H16N4O/c1-10(11-2-4-12(15)5-3-11)8-14(19)18-13-9-16-6-7-17-13/h2-7,9-10H,8,15H2,1H3,(H,17,18,19). The molecule has 2 aromatic rings. The van der Waals surface area contributed by atoms with Gasteiger partial charge in [-0.1, -0.05) is 19.1 Å². The Morgan fingerprint density at radius 1 is 1.32 bits per heavy atom. The highest BCUT2D eigenvalue weighted by atomic mass is 16.1. The van der Waals surface area contributed by atoms with Crippen LogP contribution < -0.4 is 11.1 Å². The molecule has 1 amide bonds. The zero-order valence-corrected chi connectivity index (χ0v) is 10.7. The summed E-state index contributed by atoms with van der Waals surface area (Å²) >= 11 is 0. The van der Waals surface area contributed by atoms with Gasteiger partial charge in [0, 0.05) is 24.5 Å². The van der Waals surface area contributed by atoms with Crippen LogP contribution in [0.5, 0.6) is 0 Å². The van der Waals surface area contributed by atoms with Crippen LogP contribution in [-0.2, 0) is 4.79 Å². The van der Waals surface area contributed by atoms with Gasteiger partial charge < -0.3 is 11.1 Å². The first-order chi connectivity index (χ1) is 9.15. The number of carbonyl (C=O) groups excluding carboxylic acids is 1. The Morgan fingerprint density at radius 3 is 2.68 bits per heavy atom. The van der Waals surface area contributed by atoms with Gasteiger partial charge in [-0.15, -0.1) is 0 Å². The van der Waals surface area contributed by atoms with Gasteiger partial charge in [-0.3, -0.25) is 9.78 Å². The van der Waals surface area contributed by atoms with Crippen LogP contribution in [0.4, 0.5) is 11.5 Å². The number of carbonyl (C=O) groups is 1. The highest BCUT2D eigenvalue weighted by molar-refractivity contribution is 5.90. The maximum absolute atomic E-state index is 11.9. The van der Waals surface area contributed by atoms with Crippen molar-refractivity contribution in [3.05, 3.63) is 48.4 Å². The number of hydrogen-bond donors (Lipinski definition) is 2. The molecule has 2 rings (SSSR count). The molecule has 0 fully saturated rings. The summed E-state index contributed by atoms with van der Waals surface area (Å²) in [5.74, 6) is 0.513. The summed E-state index contributed by atoms with van der Waals surface area (Å²) in [5, 5.41) is 2.72. The fraction of sp³-hybridized carbons (Fsp3) is 0.214. The lowest BCUT2D eigenvalue weighted by atomic mass is 9.97. The molecule has 0 spiro atoms. The predicted molar refractivity (Wildman–Crippen MR) is 74.5 cm³/mol. The second-order valence-electron chi connectivity index (χ2n) is 4.41. The summed E-state index contributed by atoms with van der Waals surface area (Å²) in [6.45, 7) is 2.00. The van der Waals surface area contributed by atoms with Crippen molar-refractivity contribution in [2.24, 2.45) is 0 Å². The van der Waals surface area contributed by atoms with E-state index in [-0.39, 0.29) is 11.8 Å². The number of nitrogen functional groups attached to an aromatic ring is 1. The third kappa shape index (κ3) is 3.77. The highest BCUT2D eigenvalue weighted by Crippen LogP contribution is 2.20. The fourth-order valence-corrected chi connectivity index (χ4v) is 1.78. The minimum atomic E-state index is -0.0789. The Kier molecular flexibility index (Phi) is 4.07. The molecule has 1 aromatic heterocycles. The van der Waals surface area contributed by atoms with E-state index in [9.17, 15) is 4.79 Å². The largest absolute Gasteiger partial charge is 0.399 e. The number of nitrogens with one attached hydrogen (secondary N) is 1. The Hall–Kier alpha value is -2.43. The Balaban J connectivity index is 1.93. The number of aromatic nitrogens is 2. The Morgan fingerprint density at radius 2 is 2.05 bits per heavy atom. The zero-order valence-electron chi connectivity index (χ0n) is 10.7. The number of benzene rings is 1. The lowest BCUT2D eigenvalue weighted by Crippen LogP contribution is -2.15. The molecule has 3 N–H and O–H groups in total. The first-order valence-electron chi connectivity index (χ1n) is 6.06. The van der Waals surface area contributed by atoms with E-state index in [1.54, 1.807) is 12.4 Å². The normalized spacial score (nSPS) is 11.8. The van der Waals surface area contributed by atoms with E-state index in [1.165, 1.54) is 6.20 Å². The summed E-state index contributed by atoms with van der Waals surface area (Å²) in [7, 11) is 0. The number of hydrogen-bond acceptors (Lipinski definition) is 4. The summed E-state index contributed by atoms with van der Waals surface area (Å²) in [5.41, 5.74) is 7.44. The monoisotopic (exact) mass is 256 g/mol. The third-order valence-electron chi connectivity index (χ3n) is 2.83. The third-order valence-corrected chi connectivity index (χ3v) is 2.83. The molecule has 1 atom stereocenters. The minimum Gasteiger partial charge on any atom is -0.399 e. The molecular formula is C14H16N4O. The summed E-state index contributed by atoms with van der Waals surface area (Å²) < 4.78 is 0. The van der Waals surface area contributed by atoms with Gasteiger partial charge in [0.15, 0.2) is 5.82 Å². The Labute approximate surface area is 111 Å². The van der Waals surface area contributed by atoms with Gasteiger partial charge in [0.1, 0.15) is 0 Å². The maximum atomic E-state index is 11.9. The van der Waals surface area contributed by atoms with Gasteiger partial charge in [0.25, 0.3) is 0 Å². The highest BCUT2D eigenvalue weighted by Gasteiger charge is 2.11. The topological polar surface area (TPSA) is 80.9 Å². The molecule has 0 aliphatic carbocycles. The second-order valence-corrected chi connectivity index (χ2v) is 4.41. The van der Waals surface area contributed by atoms with Crippen LogP contribution in [-0.4, -0.2) is 15.9 Å². The van der Waals surface area contributed by atoms with Crippen LogP contribution in [0, 0.1) is 0 Å². The summed E-state index contributed by atoms with van der Waals surface area (Å²) in [6.07, 6.45) is 5.01. The molecule has 0 saturated heterocycles. The van der Waals surface area contributed by atoms with Gasteiger partial charge in [0.05, 0.1) is 6.20 Å². The molecule has 1 unspecified atom stereocenters. The lowest BCUT2D eigenvalue weighted by Gasteiger charge is -2.11. The van der Waals surface area contributed by atoms with Crippen LogP contribution in [0.15, 0.2) is 42.9 Å². The number of anilines is 2. The second kappa shape index (κ2) is 5.95. The van der Waals surface area contributed by atoms with Gasteiger partial charge in [0.2, 0.25) is 5.91 Å². The van der Waals surface area contributed by atoms with Crippen molar-refractivity contribution >= 4 is 17.4 Å². The molecule has 0 aliphatic rings. The first kappa shape index (κ1) is 13.0. The van der Waals surface area contributed by atoms with Gasteiger partial charge in [-0.2, -0.15) is 0 Å². The molecule has 5 heteroatoms. The molecule has 19 heavy (non-hydrogen) atoms. The van der Waals surface area contributed by atoms with Gasteiger partial charge in [-0.25, -0.2) is 4.98 Å². The molecule has 0 saturated carbocycles. The first-order valence-corrected chi connectivity index (χ1v) is 6.06. The zero-order chi connectivity index (χ0) is 13.7. The van der Waals surface area contributed by atoms with E-state index in [0.717, 1.165) is 11.3 Å². The van der Waals surface area contributed by atoms with Gasteiger partial charge in [-0.05, 0) is 23.6 Å². The number of nitrogens with zero attached hydrogens (tertiary/aromatic N) is 2. The van der Waals surface area contributed by atoms with Gasteiger partial charge >= 0.3 is 0 Å². The number of rotatable bonds is 4. The van der Waals surface area contributed by atoms with E-state index in [0.29, 0.717) is 12.2 Å². The molecule has 0 aliphatic heterocycles. The van der Waals surface area contributed by atoms with Crippen LogP contribution in [0.25, 0.3) is 0 Å². The minimum absolute atomic E-state index is 0.0789. The number of nitrogens with two attached hydrogens (primary N) is 1. The van der Waals surface area contributed by atoms with Crippen molar-refractivity contribution < 1.29 is 4.79 Å². The van der Waals surface area contributed by atoms with E-state index < -0.39 is 0 Å². The lowest BCUT2D eigenvalue weighted by molar-refractivity contribution is -0.116. The number of amides is 1. The van der Waals surface area contributed by atoms with E-state index in [2.05, 4.69) is 15.3 Å². The van der Waals surface area contributed by atoms with Crippen molar-refractivity contribution in [1.82, 2.24) is 9.97 Å². The fourth-order valence-electron chi connectivity index (χ4n) is 1.78. The molecule has 1 heterocycles. The summed E-state index contributed by atoms with van der Waals surface area (Å²) in [6, 6.07) is 7.56. The van der Waals surface area contributed by atoms with Crippen LogP contribution >= 0.6 is 0 Å². The molecule has 0 radical (unpaired) electrons. The van der Waals surface area contributed by atoms with Crippen LogP contribution in [0.2, 0.25) is 0 Å². The molecule has 0 bridgehead atoms. The van der Waals surface area contributed by atoms with Crippen molar-refractivity contribution in [1.29, 1.82) is 0 Å². The van der Waals surface area contributed by atoms with Crippen molar-refractivity contribution in [3.63, 3.8) is 0 Å². The molecule has 98 valence electrons. The quantitative estimate of drug-likeness (QED) is 0.822.